The first-order valence-corrected chi connectivity index (χ1v) is 12.5. The lowest BCUT2D eigenvalue weighted by Crippen LogP contribution is -2.66. The standard InChI is InChI=1S/C27H32O9/c1-16-8-10-26-14-33-24(31)23(30)17(2)9-11-32-21(28)6-4-5-7-22(29)36-18-13-20(35-19(26)12-16)27(15-34-27)25(18,26)3/h4-7,12,17-20H,8-11,13-15H2,1-3H3/b6-4+,7-5-/t17-,18-,19-,20-,25-,26-,27-/m1/s1. The number of epoxide rings is 1. The predicted octanol–water partition coefficient (Wildman–Crippen LogP) is 2.38. The molecule has 0 unspecified atom stereocenters. The third-order valence-electron chi connectivity index (χ3n) is 8.96. The van der Waals surface area contributed by atoms with Gasteiger partial charge in [-0.2, -0.15) is 0 Å². The van der Waals surface area contributed by atoms with Crippen molar-refractivity contribution in [1.82, 2.24) is 0 Å². The Balaban J connectivity index is 1.53. The van der Waals surface area contributed by atoms with E-state index in [1.807, 2.05) is 13.8 Å². The van der Waals surface area contributed by atoms with Crippen LogP contribution in [0.5, 0.6) is 0 Å². The molecule has 3 aliphatic heterocycles. The molecule has 5 aliphatic rings. The Morgan fingerprint density at radius 3 is 2.42 bits per heavy atom. The predicted molar refractivity (Wildman–Crippen MR) is 124 cm³/mol. The fraction of sp³-hybridized carbons (Fsp3) is 0.630. The topological polar surface area (TPSA) is 118 Å². The van der Waals surface area contributed by atoms with Crippen LogP contribution in [0.3, 0.4) is 0 Å². The number of hydrogen-bond acceptors (Lipinski definition) is 9. The van der Waals surface area contributed by atoms with Gasteiger partial charge in [-0.1, -0.05) is 37.6 Å². The summed E-state index contributed by atoms with van der Waals surface area (Å²) in [5.41, 5.74) is -0.931. The minimum atomic E-state index is -0.930. The number of esters is 3. The van der Waals surface area contributed by atoms with E-state index in [9.17, 15) is 19.2 Å². The van der Waals surface area contributed by atoms with Crippen LogP contribution < -0.4 is 0 Å². The van der Waals surface area contributed by atoms with E-state index in [1.54, 1.807) is 6.92 Å². The summed E-state index contributed by atoms with van der Waals surface area (Å²) in [6.45, 7) is 6.06. The van der Waals surface area contributed by atoms with Crippen molar-refractivity contribution in [3.63, 3.8) is 0 Å². The molecule has 0 amide bonds. The zero-order valence-corrected chi connectivity index (χ0v) is 20.8. The van der Waals surface area contributed by atoms with E-state index in [0.717, 1.165) is 6.42 Å². The molecule has 194 valence electrons. The molecule has 0 N–H and O–H groups in total. The zero-order valence-electron chi connectivity index (χ0n) is 20.8. The Labute approximate surface area is 209 Å². The van der Waals surface area contributed by atoms with Crippen molar-refractivity contribution in [2.24, 2.45) is 16.7 Å². The van der Waals surface area contributed by atoms with Crippen molar-refractivity contribution in [3.05, 3.63) is 36.0 Å². The summed E-state index contributed by atoms with van der Waals surface area (Å²) in [7, 11) is 0. The Hall–Kier alpha value is -2.78. The Morgan fingerprint density at radius 2 is 1.69 bits per heavy atom. The van der Waals surface area contributed by atoms with Crippen LogP contribution in [0.1, 0.15) is 46.5 Å². The van der Waals surface area contributed by atoms with Crippen molar-refractivity contribution >= 4 is 23.7 Å². The van der Waals surface area contributed by atoms with Gasteiger partial charge in [0.15, 0.2) is 0 Å². The Bertz CT molecular complexity index is 1070. The lowest BCUT2D eigenvalue weighted by molar-refractivity contribution is -0.232. The SMILES string of the molecule is CC1=C[C@H]2O[C@@H]3C[C@H]4OC(=O)/C=C\C=C\C(=O)OCC[C@@H](C)C(=O)C(=O)OC[C@@]2(CC1)[C@]4(C)[C@@]31CO1. The van der Waals surface area contributed by atoms with Crippen LogP contribution in [-0.2, 0) is 42.9 Å². The number of Topliss-reactive ketones (excluding diaryl/α,β-unsaturated/α-hetero) is 1. The van der Waals surface area contributed by atoms with Crippen LogP contribution in [0.25, 0.3) is 0 Å². The van der Waals surface area contributed by atoms with Crippen molar-refractivity contribution in [2.45, 2.75) is 70.4 Å². The monoisotopic (exact) mass is 500 g/mol. The fourth-order valence-electron chi connectivity index (χ4n) is 6.56. The van der Waals surface area contributed by atoms with Gasteiger partial charge in [0.25, 0.3) is 0 Å². The summed E-state index contributed by atoms with van der Waals surface area (Å²) in [6.07, 6.45) is 8.16. The van der Waals surface area contributed by atoms with Crippen LogP contribution >= 0.6 is 0 Å². The highest BCUT2D eigenvalue weighted by molar-refractivity contribution is 6.34. The first-order chi connectivity index (χ1) is 17.1. The van der Waals surface area contributed by atoms with Gasteiger partial charge in [-0.05, 0) is 26.2 Å². The zero-order chi connectivity index (χ0) is 25.7. The molecule has 1 saturated carbocycles. The van der Waals surface area contributed by atoms with Gasteiger partial charge in [0.2, 0.25) is 5.78 Å². The second kappa shape index (κ2) is 8.95. The first kappa shape index (κ1) is 24.9. The van der Waals surface area contributed by atoms with Gasteiger partial charge in [0, 0.05) is 29.9 Å². The van der Waals surface area contributed by atoms with Crippen LogP contribution in [0.15, 0.2) is 36.0 Å². The number of ketones is 1. The summed E-state index contributed by atoms with van der Waals surface area (Å²) in [6, 6.07) is 0. The number of carbonyl (C=O) groups is 4. The quantitative estimate of drug-likeness (QED) is 0.162. The van der Waals surface area contributed by atoms with Gasteiger partial charge in [-0.25, -0.2) is 14.4 Å². The van der Waals surface area contributed by atoms with Crippen molar-refractivity contribution in [2.75, 3.05) is 19.8 Å². The molecule has 3 fully saturated rings. The van der Waals surface area contributed by atoms with Crippen LogP contribution in [0, 0.1) is 16.7 Å². The van der Waals surface area contributed by atoms with E-state index in [2.05, 4.69) is 6.08 Å². The van der Waals surface area contributed by atoms with Gasteiger partial charge >= 0.3 is 17.9 Å². The lowest BCUT2D eigenvalue weighted by atomic mass is 9.51. The highest BCUT2D eigenvalue weighted by Gasteiger charge is 2.83. The van der Waals surface area contributed by atoms with Crippen LogP contribution in [-0.4, -0.2) is 67.4 Å². The molecular formula is C27H32O9. The molecule has 5 rings (SSSR count). The molecule has 7 atom stereocenters. The van der Waals surface area contributed by atoms with Crippen molar-refractivity contribution < 1.29 is 42.9 Å². The number of cyclic esters (lactones) is 2. The van der Waals surface area contributed by atoms with E-state index in [0.29, 0.717) is 19.4 Å². The largest absolute Gasteiger partial charge is 0.463 e. The van der Waals surface area contributed by atoms with E-state index in [4.69, 9.17) is 23.7 Å². The molecule has 0 aromatic carbocycles. The van der Waals surface area contributed by atoms with Gasteiger partial charge in [0.05, 0.1) is 30.8 Å². The van der Waals surface area contributed by atoms with Gasteiger partial charge in [0.1, 0.15) is 18.3 Å². The highest BCUT2D eigenvalue weighted by Crippen LogP contribution is 2.72. The molecule has 0 aromatic rings. The highest BCUT2D eigenvalue weighted by atomic mass is 16.6. The number of carbonyl (C=O) groups excluding carboxylic acids is 4. The molecule has 9 nitrogen and oxygen atoms in total. The van der Waals surface area contributed by atoms with Crippen LogP contribution in [0.2, 0.25) is 0 Å². The van der Waals surface area contributed by atoms with E-state index in [-0.39, 0.29) is 31.8 Å². The Kier molecular flexibility index (Phi) is 6.19. The van der Waals surface area contributed by atoms with Crippen molar-refractivity contribution in [3.8, 4) is 0 Å². The molecule has 2 saturated heterocycles. The summed E-state index contributed by atoms with van der Waals surface area (Å²) in [5, 5.41) is 0. The van der Waals surface area contributed by atoms with Crippen LogP contribution in [0.4, 0.5) is 0 Å². The summed E-state index contributed by atoms with van der Waals surface area (Å²) >= 11 is 0. The minimum absolute atomic E-state index is 0.0277. The molecule has 2 bridgehead atoms. The number of ether oxygens (including phenoxy) is 5. The number of allylic oxidation sites excluding steroid dienone is 3. The van der Waals surface area contributed by atoms with Gasteiger partial charge in [-0.3, -0.25) is 4.79 Å². The number of rotatable bonds is 0. The molecule has 36 heavy (non-hydrogen) atoms. The minimum Gasteiger partial charge on any atom is -0.463 e. The molecule has 0 radical (unpaired) electrons. The second-order valence-corrected chi connectivity index (χ2v) is 10.8. The first-order valence-electron chi connectivity index (χ1n) is 12.5. The smallest absolute Gasteiger partial charge is 0.374 e. The number of hydrogen-bond donors (Lipinski definition) is 0. The second-order valence-electron chi connectivity index (χ2n) is 10.8. The van der Waals surface area contributed by atoms with E-state index < -0.39 is 52.1 Å². The summed E-state index contributed by atoms with van der Waals surface area (Å²) < 4.78 is 29.4. The molecule has 2 aliphatic carbocycles. The molecule has 0 aromatic heterocycles. The molecule has 9 heteroatoms. The Morgan fingerprint density at radius 1 is 0.972 bits per heavy atom. The average molecular weight is 501 g/mol. The van der Waals surface area contributed by atoms with Crippen molar-refractivity contribution in [1.29, 1.82) is 0 Å². The normalized spacial score (nSPS) is 44.8. The van der Waals surface area contributed by atoms with Gasteiger partial charge < -0.3 is 23.7 Å². The third-order valence-corrected chi connectivity index (χ3v) is 8.96. The average Bonchev–Trinajstić information content (AvgIpc) is 3.62. The maximum atomic E-state index is 12.8. The summed E-state index contributed by atoms with van der Waals surface area (Å²) in [4.78, 5) is 50.2. The summed E-state index contributed by atoms with van der Waals surface area (Å²) in [5.74, 6) is -3.45. The lowest BCUT2D eigenvalue weighted by Gasteiger charge is -2.58. The molecule has 2 spiro atoms. The van der Waals surface area contributed by atoms with Gasteiger partial charge in [-0.15, -0.1) is 0 Å². The third kappa shape index (κ3) is 3.75. The van der Waals surface area contributed by atoms with E-state index in [1.165, 1.54) is 29.9 Å². The molecular weight excluding hydrogens is 468 g/mol. The maximum absolute atomic E-state index is 12.8. The maximum Gasteiger partial charge on any atom is 0.374 e. The van der Waals surface area contributed by atoms with E-state index >= 15 is 0 Å². The fourth-order valence-corrected chi connectivity index (χ4v) is 6.56. The molecule has 3 heterocycles.